The first-order valence-electron chi connectivity index (χ1n) is 6.17. The molecular weight excluding hydrogens is 220 g/mol. The third-order valence-corrected chi connectivity index (χ3v) is 3.20. The molecule has 0 aliphatic rings. The Hall–Kier alpha value is -2.02. The quantitative estimate of drug-likeness (QED) is 0.780. The molecule has 92 valence electrons. The lowest BCUT2D eigenvalue weighted by molar-refractivity contribution is 0.378. The normalized spacial score (nSPS) is 12.1. The number of aliphatic hydroxyl groups is 1. The zero-order valence-electron chi connectivity index (χ0n) is 10.6. The summed E-state index contributed by atoms with van der Waals surface area (Å²) in [7, 11) is 0. The first-order chi connectivity index (χ1) is 8.66. The van der Waals surface area contributed by atoms with Crippen LogP contribution in [-0.4, -0.2) is 5.11 Å². The van der Waals surface area contributed by atoms with E-state index in [1.807, 2.05) is 25.1 Å². The average Bonchev–Trinajstić information content (AvgIpc) is 2.39. The predicted octanol–water partition coefficient (Wildman–Crippen LogP) is 4.45. The fraction of sp³-hybridized carbons (Fsp3) is 0.176. The first-order valence-corrected chi connectivity index (χ1v) is 6.17. The van der Waals surface area contributed by atoms with Crippen LogP contribution in [0.15, 0.2) is 66.9 Å². The maximum absolute atomic E-state index is 9.46. The van der Waals surface area contributed by atoms with Crippen molar-refractivity contribution in [1.29, 1.82) is 0 Å². The number of benzene rings is 2. The lowest BCUT2D eigenvalue weighted by Gasteiger charge is -2.11. The maximum Gasteiger partial charge on any atom is 0.0922 e. The van der Waals surface area contributed by atoms with Crippen molar-refractivity contribution in [3.05, 3.63) is 83.6 Å². The van der Waals surface area contributed by atoms with Gasteiger partial charge in [-0.3, -0.25) is 0 Å². The third kappa shape index (κ3) is 3.01. The van der Waals surface area contributed by atoms with Crippen molar-refractivity contribution in [3.8, 4) is 0 Å². The van der Waals surface area contributed by atoms with Crippen molar-refractivity contribution in [3.63, 3.8) is 0 Å². The van der Waals surface area contributed by atoms with Crippen molar-refractivity contribution >= 4 is 0 Å². The highest BCUT2D eigenvalue weighted by atomic mass is 16.3. The van der Waals surface area contributed by atoms with Gasteiger partial charge in [0, 0.05) is 5.92 Å². The molecule has 2 rings (SSSR count). The van der Waals surface area contributed by atoms with Gasteiger partial charge in [-0.25, -0.2) is 0 Å². The highest BCUT2D eigenvalue weighted by Gasteiger charge is 2.08. The van der Waals surface area contributed by atoms with Gasteiger partial charge in [0.15, 0.2) is 0 Å². The van der Waals surface area contributed by atoms with E-state index in [1.165, 1.54) is 11.1 Å². The Morgan fingerprint density at radius 1 is 1.06 bits per heavy atom. The van der Waals surface area contributed by atoms with Gasteiger partial charge >= 0.3 is 0 Å². The van der Waals surface area contributed by atoms with Crippen LogP contribution >= 0.6 is 0 Å². The van der Waals surface area contributed by atoms with Crippen LogP contribution < -0.4 is 0 Å². The molecule has 1 N–H and O–H groups in total. The van der Waals surface area contributed by atoms with Crippen LogP contribution in [0.2, 0.25) is 0 Å². The zero-order valence-corrected chi connectivity index (χ0v) is 10.6. The summed E-state index contributed by atoms with van der Waals surface area (Å²) in [4.78, 5) is 0. The monoisotopic (exact) mass is 238 g/mol. The summed E-state index contributed by atoms with van der Waals surface area (Å²) in [5, 5.41) is 9.46. The Bertz CT molecular complexity index is 528. The Kier molecular flexibility index (Phi) is 3.83. The van der Waals surface area contributed by atoms with E-state index in [0.717, 1.165) is 12.0 Å². The standard InChI is InChI=1S/C17H18O/c1-13(14(2)18)17-10-6-9-16(12-17)11-15-7-4-3-5-8-15/h3-10,12-13,18H,2,11H2,1H3. The van der Waals surface area contributed by atoms with Crippen molar-refractivity contribution in [2.24, 2.45) is 0 Å². The van der Waals surface area contributed by atoms with Crippen LogP contribution in [0, 0.1) is 0 Å². The highest BCUT2D eigenvalue weighted by Crippen LogP contribution is 2.22. The second-order valence-corrected chi connectivity index (χ2v) is 4.62. The molecule has 0 radical (unpaired) electrons. The lowest BCUT2D eigenvalue weighted by Crippen LogP contribution is -1.97. The number of allylic oxidation sites excluding steroid dienone is 1. The summed E-state index contributed by atoms with van der Waals surface area (Å²) >= 11 is 0. The number of aliphatic hydroxyl groups excluding tert-OH is 1. The summed E-state index contributed by atoms with van der Waals surface area (Å²) < 4.78 is 0. The molecule has 0 aromatic heterocycles. The third-order valence-electron chi connectivity index (χ3n) is 3.20. The van der Waals surface area contributed by atoms with E-state index in [-0.39, 0.29) is 11.7 Å². The van der Waals surface area contributed by atoms with Gasteiger partial charge in [-0.05, 0) is 23.1 Å². The molecule has 0 amide bonds. The molecule has 0 bridgehead atoms. The first kappa shape index (κ1) is 12.4. The predicted molar refractivity (Wildman–Crippen MR) is 75.9 cm³/mol. The van der Waals surface area contributed by atoms with Gasteiger partial charge in [-0.2, -0.15) is 0 Å². The van der Waals surface area contributed by atoms with E-state index in [4.69, 9.17) is 0 Å². The van der Waals surface area contributed by atoms with Crippen LogP contribution in [0.25, 0.3) is 0 Å². The second kappa shape index (κ2) is 5.54. The molecule has 0 heterocycles. The summed E-state index contributed by atoms with van der Waals surface area (Å²) in [5.74, 6) is 0.201. The van der Waals surface area contributed by atoms with Gasteiger partial charge in [0.25, 0.3) is 0 Å². The molecule has 0 saturated carbocycles. The molecule has 2 aromatic rings. The Balaban J connectivity index is 2.20. The number of rotatable bonds is 4. The molecule has 18 heavy (non-hydrogen) atoms. The Morgan fingerprint density at radius 3 is 2.39 bits per heavy atom. The second-order valence-electron chi connectivity index (χ2n) is 4.62. The van der Waals surface area contributed by atoms with Gasteiger partial charge in [-0.15, -0.1) is 0 Å². The smallest absolute Gasteiger partial charge is 0.0922 e. The van der Waals surface area contributed by atoms with Crippen molar-refractivity contribution in [1.82, 2.24) is 0 Å². The average molecular weight is 238 g/mol. The minimum atomic E-state index is -0.0132. The molecule has 2 aromatic carbocycles. The van der Waals surface area contributed by atoms with Gasteiger partial charge < -0.3 is 5.11 Å². The van der Waals surface area contributed by atoms with E-state index in [9.17, 15) is 5.11 Å². The van der Waals surface area contributed by atoms with Gasteiger partial charge in [0.1, 0.15) is 0 Å². The summed E-state index contributed by atoms with van der Waals surface area (Å²) in [6.07, 6.45) is 0.916. The van der Waals surface area contributed by atoms with E-state index in [2.05, 4.69) is 43.0 Å². The molecule has 1 nitrogen and oxygen atoms in total. The molecular formula is C17H18O. The van der Waals surface area contributed by atoms with Crippen LogP contribution in [0.1, 0.15) is 29.5 Å². The van der Waals surface area contributed by atoms with Gasteiger partial charge in [0.05, 0.1) is 5.76 Å². The largest absolute Gasteiger partial charge is 0.512 e. The molecule has 0 spiro atoms. The molecule has 1 atom stereocenters. The fourth-order valence-electron chi connectivity index (χ4n) is 2.00. The SMILES string of the molecule is C=C(O)C(C)c1cccc(Cc2ccccc2)c1. The zero-order chi connectivity index (χ0) is 13.0. The summed E-state index contributed by atoms with van der Waals surface area (Å²) in [6.45, 7) is 5.56. The van der Waals surface area contributed by atoms with E-state index in [1.54, 1.807) is 0 Å². The van der Waals surface area contributed by atoms with Crippen molar-refractivity contribution in [2.75, 3.05) is 0 Å². The molecule has 0 aliphatic carbocycles. The molecule has 1 heteroatoms. The van der Waals surface area contributed by atoms with Gasteiger partial charge in [0.2, 0.25) is 0 Å². The molecule has 1 unspecified atom stereocenters. The van der Waals surface area contributed by atoms with E-state index in [0.29, 0.717) is 0 Å². The van der Waals surface area contributed by atoms with Crippen molar-refractivity contribution in [2.45, 2.75) is 19.3 Å². The minimum absolute atomic E-state index is 0.0132. The summed E-state index contributed by atoms with van der Waals surface area (Å²) in [6, 6.07) is 18.7. The van der Waals surface area contributed by atoms with Crippen LogP contribution in [0.4, 0.5) is 0 Å². The number of hydrogen-bond donors (Lipinski definition) is 1. The maximum atomic E-state index is 9.46. The number of hydrogen-bond acceptors (Lipinski definition) is 1. The van der Waals surface area contributed by atoms with E-state index < -0.39 is 0 Å². The van der Waals surface area contributed by atoms with Crippen LogP contribution in [0.3, 0.4) is 0 Å². The highest BCUT2D eigenvalue weighted by molar-refractivity contribution is 5.32. The molecule has 0 saturated heterocycles. The minimum Gasteiger partial charge on any atom is -0.512 e. The van der Waals surface area contributed by atoms with E-state index >= 15 is 0 Å². The lowest BCUT2D eigenvalue weighted by atomic mass is 9.95. The Morgan fingerprint density at radius 2 is 1.72 bits per heavy atom. The van der Waals surface area contributed by atoms with Crippen molar-refractivity contribution < 1.29 is 5.11 Å². The fourth-order valence-corrected chi connectivity index (χ4v) is 2.00. The molecule has 0 fully saturated rings. The van der Waals surface area contributed by atoms with Crippen LogP contribution in [0.5, 0.6) is 0 Å². The Labute approximate surface area is 108 Å². The topological polar surface area (TPSA) is 20.2 Å². The van der Waals surface area contributed by atoms with Gasteiger partial charge in [-0.1, -0.05) is 68.1 Å². The summed E-state index contributed by atoms with van der Waals surface area (Å²) in [5.41, 5.74) is 3.66. The van der Waals surface area contributed by atoms with Crippen LogP contribution in [-0.2, 0) is 6.42 Å². The molecule has 0 aliphatic heterocycles.